The van der Waals surface area contributed by atoms with Gasteiger partial charge in [0.2, 0.25) is 0 Å². The SMILES string of the molecule is CC(C)(C)OC(=O)NC1CCC(Nc2ccncc2N)CC1.CC1CCC(n2c(=O)[nH]c3cnccc32)CC1. The third kappa shape index (κ3) is 7.97. The Hall–Kier alpha value is -3.56. The number of nitrogen functional groups attached to an aromatic ring is 1. The Labute approximate surface area is 230 Å². The molecule has 2 aliphatic carbocycles. The molecule has 0 radical (unpaired) electrons. The number of H-pyrrole nitrogens is 1. The molecular weight excluding hydrogens is 494 g/mol. The van der Waals surface area contributed by atoms with Crippen LogP contribution in [-0.4, -0.2) is 43.3 Å². The Bertz CT molecular complexity index is 1280. The molecule has 0 unspecified atom stereocenters. The number of aromatic amines is 1. The molecule has 3 aromatic heterocycles. The van der Waals surface area contributed by atoms with Crippen LogP contribution in [0.3, 0.4) is 0 Å². The average Bonchev–Trinajstić information content (AvgIpc) is 3.22. The van der Waals surface area contributed by atoms with Gasteiger partial charge < -0.3 is 26.1 Å². The van der Waals surface area contributed by atoms with E-state index in [2.05, 4.69) is 32.5 Å². The summed E-state index contributed by atoms with van der Waals surface area (Å²) in [6, 6.07) is 4.73. The van der Waals surface area contributed by atoms with E-state index in [4.69, 9.17) is 10.5 Å². The van der Waals surface area contributed by atoms with Gasteiger partial charge in [-0.05, 0) is 90.2 Å². The molecule has 0 bridgehead atoms. The van der Waals surface area contributed by atoms with Crippen molar-refractivity contribution in [1.29, 1.82) is 0 Å². The number of fused-ring (bicyclic) bond motifs is 1. The number of carbonyl (C=O) groups excluding carboxylic acids is 1. The van der Waals surface area contributed by atoms with E-state index in [1.165, 1.54) is 12.8 Å². The molecule has 2 fully saturated rings. The largest absolute Gasteiger partial charge is 0.444 e. The smallest absolute Gasteiger partial charge is 0.407 e. The van der Waals surface area contributed by atoms with Gasteiger partial charge in [-0.3, -0.25) is 14.5 Å². The molecule has 1 amide bonds. The Kier molecular flexibility index (Phi) is 9.14. The second-order valence-electron chi connectivity index (χ2n) is 11.9. The van der Waals surface area contributed by atoms with Crippen LogP contribution in [0.1, 0.15) is 85.1 Å². The quantitative estimate of drug-likeness (QED) is 0.350. The molecule has 3 heterocycles. The number of rotatable bonds is 4. The van der Waals surface area contributed by atoms with Crippen LogP contribution in [0.25, 0.3) is 11.0 Å². The zero-order valence-electron chi connectivity index (χ0n) is 23.6. The van der Waals surface area contributed by atoms with Crippen molar-refractivity contribution in [3.8, 4) is 0 Å². The minimum atomic E-state index is -0.457. The Morgan fingerprint density at radius 3 is 2.31 bits per heavy atom. The summed E-state index contributed by atoms with van der Waals surface area (Å²) in [5, 5.41) is 6.40. The summed E-state index contributed by atoms with van der Waals surface area (Å²) in [5.41, 5.74) is 8.87. The molecule has 0 aliphatic heterocycles. The van der Waals surface area contributed by atoms with E-state index in [1.54, 1.807) is 24.8 Å². The molecule has 2 saturated carbocycles. The van der Waals surface area contributed by atoms with Crippen LogP contribution < -0.4 is 22.1 Å². The number of imidazole rings is 1. The number of amides is 1. The second kappa shape index (κ2) is 12.5. The molecule has 212 valence electrons. The zero-order valence-corrected chi connectivity index (χ0v) is 23.6. The van der Waals surface area contributed by atoms with Crippen molar-refractivity contribution < 1.29 is 9.53 Å². The molecule has 0 aromatic carbocycles. The van der Waals surface area contributed by atoms with Crippen LogP contribution in [0.2, 0.25) is 0 Å². The number of hydrogen-bond donors (Lipinski definition) is 4. The van der Waals surface area contributed by atoms with Crippen molar-refractivity contribution >= 4 is 28.5 Å². The number of aromatic nitrogens is 4. The van der Waals surface area contributed by atoms with Gasteiger partial charge in [-0.1, -0.05) is 6.92 Å². The summed E-state index contributed by atoms with van der Waals surface area (Å²) >= 11 is 0. The molecule has 5 rings (SSSR count). The maximum absolute atomic E-state index is 12.0. The lowest BCUT2D eigenvalue weighted by atomic mass is 9.87. The lowest BCUT2D eigenvalue weighted by molar-refractivity contribution is 0.0492. The predicted molar refractivity (Wildman–Crippen MR) is 155 cm³/mol. The summed E-state index contributed by atoms with van der Waals surface area (Å²) < 4.78 is 7.21. The van der Waals surface area contributed by atoms with E-state index in [0.29, 0.717) is 17.8 Å². The summed E-state index contributed by atoms with van der Waals surface area (Å²) in [6.45, 7) is 7.89. The zero-order chi connectivity index (χ0) is 28.0. The summed E-state index contributed by atoms with van der Waals surface area (Å²) in [4.78, 5) is 34.7. The number of nitrogens with two attached hydrogens (primary N) is 1. The first-order valence-corrected chi connectivity index (χ1v) is 14.1. The van der Waals surface area contributed by atoms with Crippen LogP contribution in [-0.2, 0) is 4.74 Å². The molecule has 0 saturated heterocycles. The fourth-order valence-electron chi connectivity index (χ4n) is 5.46. The minimum Gasteiger partial charge on any atom is -0.444 e. The van der Waals surface area contributed by atoms with Gasteiger partial charge in [0.15, 0.2) is 0 Å². The van der Waals surface area contributed by atoms with Gasteiger partial charge in [-0.15, -0.1) is 0 Å². The van der Waals surface area contributed by atoms with Crippen LogP contribution in [0.15, 0.2) is 41.7 Å². The fourth-order valence-corrected chi connectivity index (χ4v) is 5.46. The van der Waals surface area contributed by atoms with Crippen LogP contribution in [0.5, 0.6) is 0 Å². The van der Waals surface area contributed by atoms with Crippen LogP contribution >= 0.6 is 0 Å². The first-order valence-electron chi connectivity index (χ1n) is 14.1. The number of nitrogens with one attached hydrogen (secondary N) is 3. The molecule has 39 heavy (non-hydrogen) atoms. The summed E-state index contributed by atoms with van der Waals surface area (Å²) in [5.74, 6) is 0.800. The highest BCUT2D eigenvalue weighted by atomic mass is 16.6. The van der Waals surface area contributed by atoms with E-state index >= 15 is 0 Å². The second-order valence-corrected chi connectivity index (χ2v) is 11.9. The van der Waals surface area contributed by atoms with E-state index in [9.17, 15) is 9.59 Å². The average molecular weight is 538 g/mol. The summed E-state index contributed by atoms with van der Waals surface area (Å²) in [6.07, 6.45) is 15.0. The van der Waals surface area contributed by atoms with Gasteiger partial charge in [-0.25, -0.2) is 9.59 Å². The van der Waals surface area contributed by atoms with Crippen LogP contribution in [0.4, 0.5) is 16.2 Å². The Morgan fingerprint density at radius 1 is 1.00 bits per heavy atom. The van der Waals surface area contributed by atoms with Gasteiger partial charge >= 0.3 is 11.8 Å². The number of pyridine rings is 2. The first-order chi connectivity index (χ1) is 18.6. The van der Waals surface area contributed by atoms with Crippen LogP contribution in [0, 0.1) is 5.92 Å². The van der Waals surface area contributed by atoms with Gasteiger partial charge in [0, 0.05) is 30.5 Å². The fraction of sp³-hybridized carbons (Fsp3) is 0.586. The highest BCUT2D eigenvalue weighted by Crippen LogP contribution is 2.32. The third-order valence-electron chi connectivity index (χ3n) is 7.53. The molecule has 5 N–H and O–H groups in total. The third-order valence-corrected chi connectivity index (χ3v) is 7.53. The van der Waals surface area contributed by atoms with Gasteiger partial charge in [-0.2, -0.15) is 0 Å². The van der Waals surface area contributed by atoms with Gasteiger partial charge in [0.25, 0.3) is 0 Å². The van der Waals surface area contributed by atoms with Gasteiger partial charge in [0.05, 0.1) is 34.8 Å². The topological polar surface area (TPSA) is 140 Å². The van der Waals surface area contributed by atoms with Crippen molar-refractivity contribution in [2.75, 3.05) is 11.1 Å². The molecule has 2 aliphatic rings. The number of anilines is 2. The number of alkyl carbamates (subject to hydrolysis) is 1. The number of hydrogen-bond acceptors (Lipinski definition) is 7. The maximum Gasteiger partial charge on any atom is 0.407 e. The molecule has 10 heteroatoms. The molecule has 10 nitrogen and oxygen atoms in total. The molecular formula is C29H43N7O3. The molecule has 0 spiro atoms. The highest BCUT2D eigenvalue weighted by molar-refractivity contribution is 5.73. The number of carbonyl (C=O) groups is 1. The Balaban J connectivity index is 0.000000186. The van der Waals surface area contributed by atoms with Crippen molar-refractivity contribution in [3.63, 3.8) is 0 Å². The van der Waals surface area contributed by atoms with Crippen molar-refractivity contribution in [1.82, 2.24) is 24.8 Å². The first kappa shape index (κ1) is 28.4. The van der Waals surface area contributed by atoms with Gasteiger partial charge in [0.1, 0.15) is 5.60 Å². The van der Waals surface area contributed by atoms with Crippen molar-refractivity contribution in [2.45, 2.75) is 103 Å². The van der Waals surface area contributed by atoms with Crippen molar-refractivity contribution in [2.24, 2.45) is 5.92 Å². The highest BCUT2D eigenvalue weighted by Gasteiger charge is 2.25. The summed E-state index contributed by atoms with van der Waals surface area (Å²) in [7, 11) is 0. The minimum absolute atomic E-state index is 0.00699. The van der Waals surface area contributed by atoms with Crippen molar-refractivity contribution in [3.05, 3.63) is 47.4 Å². The Morgan fingerprint density at radius 2 is 1.64 bits per heavy atom. The van der Waals surface area contributed by atoms with E-state index in [0.717, 1.165) is 61.2 Å². The molecule has 0 atom stereocenters. The van der Waals surface area contributed by atoms with E-state index < -0.39 is 5.60 Å². The monoisotopic (exact) mass is 537 g/mol. The lowest BCUT2D eigenvalue weighted by Crippen LogP contribution is -2.42. The predicted octanol–water partition coefficient (Wildman–Crippen LogP) is 5.39. The van der Waals surface area contributed by atoms with E-state index in [1.807, 2.05) is 37.5 Å². The normalized spacial score (nSPS) is 23.4. The maximum atomic E-state index is 12.0. The van der Waals surface area contributed by atoms with E-state index in [-0.39, 0.29) is 17.8 Å². The molecule has 3 aromatic rings. The number of nitrogens with zero attached hydrogens (tertiary/aromatic N) is 3. The standard InChI is InChI=1S/C16H26N4O2.C13H17N3O/c1-16(2,3)22-15(21)20-12-6-4-11(5-7-12)19-14-8-9-18-10-13(14)17;1-9-2-4-10(5-3-9)16-12-6-7-14-8-11(12)15-13(16)17/h8-12H,4-7,17H2,1-3H3,(H,18,19)(H,20,21);6-10H,2-5H2,1H3,(H,15,17). The number of ether oxygens (including phenoxy) is 1. The lowest BCUT2D eigenvalue weighted by Gasteiger charge is -2.31.